The van der Waals surface area contributed by atoms with E-state index in [0.717, 1.165) is 24.0 Å². The number of piperidine rings is 1. The van der Waals surface area contributed by atoms with Gasteiger partial charge in [0.05, 0.1) is 20.6 Å². The molecule has 1 aliphatic heterocycles. The minimum absolute atomic E-state index is 0.0129. The maximum atomic E-state index is 12.7. The lowest BCUT2D eigenvalue weighted by atomic mass is 10.0. The predicted octanol–water partition coefficient (Wildman–Crippen LogP) is 3.05. The SMILES string of the molecule is COc1ccc(CC(=O)N2CCC(NC(=O)COc3ccc(C)c(C)c3)CC2)cc1OC. The molecule has 7 heteroatoms. The van der Waals surface area contributed by atoms with Crippen molar-refractivity contribution in [1.82, 2.24) is 10.2 Å². The van der Waals surface area contributed by atoms with Crippen LogP contribution in [0.2, 0.25) is 0 Å². The van der Waals surface area contributed by atoms with E-state index in [2.05, 4.69) is 5.32 Å². The van der Waals surface area contributed by atoms with Crippen LogP contribution in [0.15, 0.2) is 36.4 Å². The Labute approximate surface area is 189 Å². The minimum atomic E-state index is -0.140. The molecule has 0 atom stereocenters. The number of hydrogen-bond acceptors (Lipinski definition) is 5. The first kappa shape index (κ1) is 23.4. The summed E-state index contributed by atoms with van der Waals surface area (Å²) in [5, 5.41) is 3.02. The third-order valence-corrected chi connectivity index (χ3v) is 5.86. The molecule has 3 rings (SSSR count). The molecule has 1 heterocycles. The number of rotatable bonds is 8. The molecule has 0 radical (unpaired) electrons. The Morgan fingerprint density at radius 3 is 2.34 bits per heavy atom. The normalized spacial score (nSPS) is 14.1. The Kier molecular flexibility index (Phi) is 7.98. The fraction of sp³-hybridized carbons (Fsp3) is 0.440. The van der Waals surface area contributed by atoms with E-state index in [1.807, 2.05) is 55.1 Å². The molecule has 2 aromatic carbocycles. The van der Waals surface area contributed by atoms with Crippen molar-refractivity contribution < 1.29 is 23.8 Å². The van der Waals surface area contributed by atoms with Gasteiger partial charge >= 0.3 is 0 Å². The first-order chi connectivity index (χ1) is 15.4. The summed E-state index contributed by atoms with van der Waals surface area (Å²) in [6, 6.07) is 11.4. The van der Waals surface area contributed by atoms with E-state index in [1.165, 1.54) is 5.56 Å². The van der Waals surface area contributed by atoms with Crippen LogP contribution in [-0.4, -0.2) is 56.7 Å². The van der Waals surface area contributed by atoms with Gasteiger partial charge in [0.25, 0.3) is 5.91 Å². The molecule has 1 N–H and O–H groups in total. The number of nitrogens with zero attached hydrogens (tertiary/aromatic N) is 1. The van der Waals surface area contributed by atoms with E-state index in [0.29, 0.717) is 36.8 Å². The van der Waals surface area contributed by atoms with E-state index >= 15 is 0 Å². The summed E-state index contributed by atoms with van der Waals surface area (Å²) in [5.41, 5.74) is 3.20. The molecule has 2 aromatic rings. The number of benzene rings is 2. The molecular weight excluding hydrogens is 408 g/mol. The average molecular weight is 441 g/mol. The van der Waals surface area contributed by atoms with Gasteiger partial charge in [-0.15, -0.1) is 0 Å². The maximum Gasteiger partial charge on any atom is 0.258 e. The molecule has 0 aliphatic carbocycles. The van der Waals surface area contributed by atoms with E-state index < -0.39 is 0 Å². The molecule has 0 bridgehead atoms. The van der Waals surface area contributed by atoms with Gasteiger partial charge in [-0.1, -0.05) is 12.1 Å². The number of nitrogens with one attached hydrogen (secondary N) is 1. The second-order valence-corrected chi connectivity index (χ2v) is 8.12. The number of aryl methyl sites for hydroxylation is 2. The van der Waals surface area contributed by atoms with Gasteiger partial charge < -0.3 is 24.4 Å². The van der Waals surface area contributed by atoms with Gasteiger partial charge in [0.15, 0.2) is 18.1 Å². The first-order valence-electron chi connectivity index (χ1n) is 10.9. The van der Waals surface area contributed by atoms with Gasteiger partial charge in [-0.25, -0.2) is 0 Å². The van der Waals surface area contributed by atoms with Gasteiger partial charge in [0.2, 0.25) is 5.91 Å². The second-order valence-electron chi connectivity index (χ2n) is 8.12. The van der Waals surface area contributed by atoms with Crippen molar-refractivity contribution in [1.29, 1.82) is 0 Å². The fourth-order valence-electron chi connectivity index (χ4n) is 3.77. The smallest absolute Gasteiger partial charge is 0.258 e. The zero-order valence-corrected chi connectivity index (χ0v) is 19.3. The van der Waals surface area contributed by atoms with Crippen LogP contribution in [0.1, 0.15) is 29.5 Å². The van der Waals surface area contributed by atoms with Gasteiger partial charge in [0.1, 0.15) is 5.75 Å². The molecule has 1 aliphatic rings. The minimum Gasteiger partial charge on any atom is -0.493 e. The zero-order chi connectivity index (χ0) is 23.1. The van der Waals surface area contributed by atoms with Crippen LogP contribution in [0, 0.1) is 13.8 Å². The predicted molar refractivity (Wildman–Crippen MR) is 122 cm³/mol. The number of carbonyl (C=O) groups excluding carboxylic acids is 2. The average Bonchev–Trinajstić information content (AvgIpc) is 2.80. The lowest BCUT2D eigenvalue weighted by molar-refractivity contribution is -0.131. The van der Waals surface area contributed by atoms with Crippen molar-refractivity contribution in [2.45, 2.75) is 39.2 Å². The zero-order valence-electron chi connectivity index (χ0n) is 19.3. The molecule has 2 amide bonds. The van der Waals surface area contributed by atoms with Gasteiger partial charge in [-0.2, -0.15) is 0 Å². The van der Waals surface area contributed by atoms with Gasteiger partial charge in [-0.3, -0.25) is 9.59 Å². The molecule has 1 fully saturated rings. The van der Waals surface area contributed by atoms with Crippen molar-refractivity contribution in [3.05, 3.63) is 53.1 Å². The van der Waals surface area contributed by atoms with Crippen LogP contribution in [-0.2, 0) is 16.0 Å². The van der Waals surface area contributed by atoms with E-state index in [-0.39, 0.29) is 24.5 Å². The highest BCUT2D eigenvalue weighted by molar-refractivity contribution is 5.79. The molecule has 172 valence electrons. The summed E-state index contributed by atoms with van der Waals surface area (Å²) >= 11 is 0. The number of likely N-dealkylation sites (tertiary alicyclic amines) is 1. The molecule has 0 saturated carbocycles. The largest absolute Gasteiger partial charge is 0.493 e. The van der Waals surface area contributed by atoms with Crippen LogP contribution in [0.5, 0.6) is 17.2 Å². The maximum absolute atomic E-state index is 12.7. The fourth-order valence-corrected chi connectivity index (χ4v) is 3.77. The molecule has 0 unspecified atom stereocenters. The van der Waals surface area contributed by atoms with Crippen molar-refractivity contribution in [2.75, 3.05) is 33.9 Å². The van der Waals surface area contributed by atoms with Crippen LogP contribution >= 0.6 is 0 Å². The standard InChI is InChI=1S/C25H32N2O5/c1-17-5-7-21(13-18(17)2)32-16-24(28)26-20-9-11-27(12-10-20)25(29)15-19-6-8-22(30-3)23(14-19)31-4/h5-8,13-14,20H,9-12,15-16H2,1-4H3,(H,26,28). The second kappa shape index (κ2) is 10.9. The number of ether oxygens (including phenoxy) is 3. The van der Waals surface area contributed by atoms with Crippen LogP contribution in [0.25, 0.3) is 0 Å². The Morgan fingerprint density at radius 1 is 0.969 bits per heavy atom. The quantitative estimate of drug-likeness (QED) is 0.683. The number of carbonyl (C=O) groups is 2. The summed E-state index contributed by atoms with van der Waals surface area (Å²) < 4.78 is 16.2. The summed E-state index contributed by atoms with van der Waals surface area (Å²) in [6.45, 7) is 5.28. The number of amides is 2. The van der Waals surface area contributed by atoms with Crippen LogP contribution in [0.4, 0.5) is 0 Å². The monoisotopic (exact) mass is 440 g/mol. The number of methoxy groups -OCH3 is 2. The Hall–Kier alpha value is -3.22. The highest BCUT2D eigenvalue weighted by atomic mass is 16.5. The van der Waals surface area contributed by atoms with Crippen molar-refractivity contribution >= 4 is 11.8 Å². The Bertz CT molecular complexity index is 951. The molecule has 7 nitrogen and oxygen atoms in total. The van der Waals surface area contributed by atoms with Crippen molar-refractivity contribution in [3.8, 4) is 17.2 Å². The van der Waals surface area contributed by atoms with Crippen LogP contribution in [0.3, 0.4) is 0 Å². The molecule has 32 heavy (non-hydrogen) atoms. The van der Waals surface area contributed by atoms with Gasteiger partial charge in [-0.05, 0) is 67.6 Å². The summed E-state index contributed by atoms with van der Waals surface area (Å²) in [7, 11) is 3.16. The number of hydrogen-bond donors (Lipinski definition) is 1. The van der Waals surface area contributed by atoms with Gasteiger partial charge in [0, 0.05) is 19.1 Å². The molecular formula is C25H32N2O5. The van der Waals surface area contributed by atoms with Crippen molar-refractivity contribution in [3.63, 3.8) is 0 Å². The Morgan fingerprint density at radius 2 is 1.69 bits per heavy atom. The lowest BCUT2D eigenvalue weighted by Gasteiger charge is -2.32. The van der Waals surface area contributed by atoms with E-state index in [1.54, 1.807) is 14.2 Å². The van der Waals surface area contributed by atoms with E-state index in [4.69, 9.17) is 14.2 Å². The lowest BCUT2D eigenvalue weighted by Crippen LogP contribution is -2.47. The third-order valence-electron chi connectivity index (χ3n) is 5.86. The highest BCUT2D eigenvalue weighted by Gasteiger charge is 2.24. The van der Waals surface area contributed by atoms with E-state index in [9.17, 15) is 9.59 Å². The molecule has 1 saturated heterocycles. The molecule has 0 spiro atoms. The Balaban J connectivity index is 1.42. The summed E-state index contributed by atoms with van der Waals surface area (Å²) in [5.74, 6) is 1.88. The highest BCUT2D eigenvalue weighted by Crippen LogP contribution is 2.28. The third kappa shape index (κ3) is 6.15. The van der Waals surface area contributed by atoms with Crippen molar-refractivity contribution in [2.24, 2.45) is 0 Å². The summed E-state index contributed by atoms with van der Waals surface area (Å²) in [6.07, 6.45) is 1.77. The summed E-state index contributed by atoms with van der Waals surface area (Å²) in [4.78, 5) is 26.8. The van der Waals surface area contributed by atoms with Crippen LogP contribution < -0.4 is 19.5 Å². The topological polar surface area (TPSA) is 77.1 Å². The molecule has 0 aromatic heterocycles. The first-order valence-corrected chi connectivity index (χ1v) is 10.9.